The minimum Gasteiger partial charge on any atom is -0.508 e. The zero-order chi connectivity index (χ0) is 28.5. The molecule has 1 aromatic carbocycles. The number of nitrogens with two attached hydrogens (primary N) is 1. The zero-order valence-electron chi connectivity index (χ0n) is 22.3. The fourth-order valence-corrected chi connectivity index (χ4v) is 6.59. The normalized spacial score (nSPS) is 26.3. The van der Waals surface area contributed by atoms with Crippen LogP contribution in [0.4, 0.5) is 0 Å². The molecule has 1 unspecified atom stereocenters. The topological polar surface area (TPSA) is 161 Å². The fraction of sp³-hybridized carbons (Fsp3) is 0.536. The summed E-state index contributed by atoms with van der Waals surface area (Å²) >= 11 is 6.82. The van der Waals surface area contributed by atoms with Gasteiger partial charge in [-0.2, -0.15) is 0 Å². The number of primary amides is 1. The Bertz CT molecular complexity index is 1310. The smallest absolute Gasteiger partial charge is 0.255 e. The molecule has 9 nitrogen and oxygen atoms in total. The van der Waals surface area contributed by atoms with Crippen molar-refractivity contribution in [3.63, 3.8) is 0 Å². The average molecular weight is 547 g/mol. The van der Waals surface area contributed by atoms with Gasteiger partial charge in [-0.25, -0.2) is 0 Å². The first-order valence-corrected chi connectivity index (χ1v) is 13.1. The minimum absolute atomic E-state index is 0.00345. The Kier molecular flexibility index (Phi) is 6.96. The van der Waals surface area contributed by atoms with Gasteiger partial charge in [-0.15, -0.1) is 0 Å². The number of halogens is 1. The van der Waals surface area contributed by atoms with Gasteiger partial charge in [0.1, 0.15) is 22.8 Å². The third-order valence-corrected chi connectivity index (χ3v) is 8.62. The van der Waals surface area contributed by atoms with Crippen LogP contribution < -0.4 is 5.73 Å². The number of aromatic hydroxyl groups is 1. The van der Waals surface area contributed by atoms with Crippen LogP contribution in [0.15, 0.2) is 23.0 Å². The maximum atomic E-state index is 13.6. The van der Waals surface area contributed by atoms with Crippen LogP contribution >= 0.6 is 11.6 Å². The number of aliphatic hydroxyl groups is 3. The van der Waals surface area contributed by atoms with Crippen molar-refractivity contribution in [2.24, 2.45) is 23.0 Å². The summed E-state index contributed by atoms with van der Waals surface area (Å²) in [4.78, 5) is 40.0. The van der Waals surface area contributed by atoms with Crippen LogP contribution in [0.25, 0.3) is 5.76 Å². The summed E-state index contributed by atoms with van der Waals surface area (Å²) in [7, 11) is 1.97. The molecular weight excluding hydrogens is 512 g/mol. The van der Waals surface area contributed by atoms with Crippen molar-refractivity contribution in [1.82, 2.24) is 4.90 Å². The Labute approximate surface area is 226 Å². The molecule has 4 rings (SSSR count). The lowest BCUT2D eigenvalue weighted by Crippen LogP contribution is -2.58. The van der Waals surface area contributed by atoms with E-state index in [1.54, 1.807) is 0 Å². The second kappa shape index (κ2) is 9.39. The molecule has 10 heteroatoms. The summed E-state index contributed by atoms with van der Waals surface area (Å²) in [6.45, 7) is 9.06. The SMILES string of the molecule is C[C@H](CC(C)(C)C)N(C)Cc1cc(O)c2c(c1Cl)CC1C[C@H]3CC(=O)C(C(N)=O)=C(O)[C@@]3(O)C(=O)C1=C2O. The number of phenols is 1. The van der Waals surface area contributed by atoms with E-state index in [4.69, 9.17) is 17.3 Å². The summed E-state index contributed by atoms with van der Waals surface area (Å²) in [5.74, 6) is -6.58. The molecule has 3 aliphatic carbocycles. The van der Waals surface area contributed by atoms with E-state index in [1.807, 2.05) is 7.05 Å². The van der Waals surface area contributed by atoms with E-state index in [-0.39, 0.29) is 47.6 Å². The number of phenolic OH excluding ortho intramolecular Hbond substituents is 1. The predicted molar refractivity (Wildman–Crippen MR) is 141 cm³/mol. The Hall–Kier alpha value is -2.88. The van der Waals surface area contributed by atoms with E-state index in [0.29, 0.717) is 22.7 Å². The van der Waals surface area contributed by atoms with Gasteiger partial charge in [0.15, 0.2) is 11.4 Å². The van der Waals surface area contributed by atoms with Crippen molar-refractivity contribution >= 4 is 34.8 Å². The van der Waals surface area contributed by atoms with E-state index in [1.165, 1.54) is 6.07 Å². The number of hydrogen-bond donors (Lipinski definition) is 5. The second-order valence-electron chi connectivity index (χ2n) is 12.2. The van der Waals surface area contributed by atoms with Crippen LogP contribution in [0, 0.1) is 17.3 Å². The molecule has 1 fully saturated rings. The average Bonchev–Trinajstić information content (AvgIpc) is 2.78. The standard InChI is InChI=1S/C28H35ClN2O7/c1-12(10-27(2,3)4)31(5)11-14-8-17(32)20-16(22(14)29)7-13-6-15-9-18(33)21(26(30)37)25(36)28(15,38)24(35)19(13)23(20)34/h8,12-13,15,32,34,36,38H,6-7,9-11H2,1-5H3,(H2,30,37)/t12-,13?,15+,28+/m1/s1. The van der Waals surface area contributed by atoms with Crippen LogP contribution in [0.2, 0.25) is 5.02 Å². The molecule has 0 radical (unpaired) electrons. The molecule has 0 aromatic heterocycles. The number of hydrogen-bond acceptors (Lipinski definition) is 8. The summed E-state index contributed by atoms with van der Waals surface area (Å²) in [6, 6.07) is 1.69. The van der Waals surface area contributed by atoms with Crippen LogP contribution in [0.1, 0.15) is 63.6 Å². The number of aliphatic hydroxyl groups excluding tert-OH is 2. The molecule has 38 heavy (non-hydrogen) atoms. The van der Waals surface area contributed by atoms with Crippen LogP contribution in [-0.2, 0) is 27.3 Å². The molecular formula is C28H35ClN2O7. The number of amides is 1. The van der Waals surface area contributed by atoms with Gasteiger partial charge in [-0.05, 0) is 61.8 Å². The van der Waals surface area contributed by atoms with E-state index in [9.17, 15) is 34.8 Å². The highest BCUT2D eigenvalue weighted by molar-refractivity contribution is 6.32. The zero-order valence-corrected chi connectivity index (χ0v) is 23.0. The molecule has 1 aromatic rings. The lowest BCUT2D eigenvalue weighted by molar-refractivity contribution is -0.147. The van der Waals surface area contributed by atoms with Gasteiger partial charge in [-0.1, -0.05) is 32.4 Å². The third-order valence-electron chi connectivity index (χ3n) is 8.15. The van der Waals surface area contributed by atoms with Gasteiger partial charge in [-0.3, -0.25) is 19.3 Å². The lowest BCUT2D eigenvalue weighted by Gasteiger charge is -2.46. The summed E-state index contributed by atoms with van der Waals surface area (Å²) in [6.07, 6.45) is 0.816. The number of ketones is 2. The Balaban J connectivity index is 1.76. The van der Waals surface area contributed by atoms with Crippen LogP contribution in [0.5, 0.6) is 5.75 Å². The van der Waals surface area contributed by atoms with Crippen LogP contribution in [-0.4, -0.2) is 61.5 Å². The summed E-state index contributed by atoms with van der Waals surface area (Å²) in [5, 5.41) is 44.5. The molecule has 1 saturated carbocycles. The number of benzene rings is 1. The van der Waals surface area contributed by atoms with Gasteiger partial charge < -0.3 is 26.2 Å². The number of nitrogens with zero attached hydrogens (tertiary/aromatic N) is 1. The Morgan fingerprint density at radius 2 is 1.87 bits per heavy atom. The highest BCUT2D eigenvalue weighted by Crippen LogP contribution is 2.53. The minimum atomic E-state index is -2.58. The highest BCUT2D eigenvalue weighted by Gasteiger charge is 2.60. The van der Waals surface area contributed by atoms with Gasteiger partial charge in [0.05, 0.1) is 5.56 Å². The molecule has 4 atom stereocenters. The molecule has 3 aliphatic rings. The van der Waals surface area contributed by atoms with Gasteiger partial charge >= 0.3 is 0 Å². The first kappa shape index (κ1) is 28.1. The van der Waals surface area contributed by atoms with Gasteiger partial charge in [0.2, 0.25) is 5.78 Å². The molecule has 0 saturated heterocycles. The number of carbonyl (C=O) groups excluding carboxylic acids is 3. The van der Waals surface area contributed by atoms with E-state index in [2.05, 4.69) is 32.6 Å². The largest absolute Gasteiger partial charge is 0.508 e. The van der Waals surface area contributed by atoms with E-state index < -0.39 is 52.0 Å². The van der Waals surface area contributed by atoms with Crippen molar-refractivity contribution in [3.05, 3.63) is 44.7 Å². The first-order chi connectivity index (χ1) is 17.5. The molecule has 0 spiro atoms. The quantitative estimate of drug-likeness (QED) is 0.351. The maximum absolute atomic E-state index is 13.6. The third kappa shape index (κ3) is 4.40. The van der Waals surface area contributed by atoms with Crippen molar-refractivity contribution in [2.45, 2.75) is 71.6 Å². The van der Waals surface area contributed by atoms with Crippen molar-refractivity contribution < 1.29 is 34.8 Å². The lowest BCUT2D eigenvalue weighted by atomic mass is 9.59. The molecule has 0 aliphatic heterocycles. The van der Waals surface area contributed by atoms with Crippen molar-refractivity contribution in [1.29, 1.82) is 0 Å². The molecule has 1 amide bonds. The van der Waals surface area contributed by atoms with Crippen molar-refractivity contribution in [2.75, 3.05) is 7.05 Å². The van der Waals surface area contributed by atoms with Crippen LogP contribution in [0.3, 0.4) is 0 Å². The van der Waals surface area contributed by atoms with Crippen molar-refractivity contribution in [3.8, 4) is 5.75 Å². The molecule has 6 N–H and O–H groups in total. The van der Waals surface area contributed by atoms with Gasteiger partial charge in [0, 0.05) is 35.5 Å². The number of carbonyl (C=O) groups is 3. The summed E-state index contributed by atoms with van der Waals surface area (Å²) < 4.78 is 0. The maximum Gasteiger partial charge on any atom is 0.255 e. The molecule has 206 valence electrons. The Morgan fingerprint density at radius 3 is 2.45 bits per heavy atom. The second-order valence-corrected chi connectivity index (χ2v) is 12.5. The van der Waals surface area contributed by atoms with Gasteiger partial charge in [0.25, 0.3) is 5.91 Å². The number of fused-ring (bicyclic) bond motifs is 3. The fourth-order valence-electron chi connectivity index (χ4n) is 6.31. The molecule has 0 heterocycles. The predicted octanol–water partition coefficient (Wildman–Crippen LogP) is 3.33. The monoisotopic (exact) mass is 546 g/mol. The first-order valence-electron chi connectivity index (χ1n) is 12.7. The Morgan fingerprint density at radius 1 is 1.24 bits per heavy atom. The number of rotatable bonds is 5. The van der Waals surface area contributed by atoms with E-state index in [0.717, 1.165) is 6.42 Å². The van der Waals surface area contributed by atoms with E-state index >= 15 is 0 Å². The molecule has 0 bridgehead atoms. The summed E-state index contributed by atoms with van der Waals surface area (Å²) in [5.41, 5.74) is 2.90. The number of Topliss-reactive ketones (excluding diaryl/α,β-unsaturated/α-hetero) is 2. The highest BCUT2D eigenvalue weighted by atomic mass is 35.5.